The molecule has 0 fully saturated rings. The van der Waals surface area contributed by atoms with Crippen molar-refractivity contribution in [2.45, 2.75) is 26.3 Å². The number of nitrogens with one attached hydrogen (secondary N) is 2. The molecule has 5 heteroatoms. The fourth-order valence-corrected chi connectivity index (χ4v) is 1.73. The summed E-state index contributed by atoms with van der Waals surface area (Å²) in [5.74, 6) is 0. The first-order valence-corrected chi connectivity index (χ1v) is 4.65. The van der Waals surface area contributed by atoms with Gasteiger partial charge in [0, 0.05) is 5.54 Å². The Hall–Kier alpha value is -1.28. The van der Waals surface area contributed by atoms with Crippen LogP contribution in [0.2, 0.25) is 0 Å². The van der Waals surface area contributed by atoms with Crippen LogP contribution >= 0.6 is 11.5 Å². The Morgan fingerprint density at radius 2 is 2.15 bits per heavy atom. The van der Waals surface area contributed by atoms with Crippen molar-refractivity contribution in [1.29, 1.82) is 5.26 Å². The average molecular weight is 197 g/mol. The molecule has 2 N–H and O–H groups in total. The van der Waals surface area contributed by atoms with E-state index in [2.05, 4.69) is 9.69 Å². The van der Waals surface area contributed by atoms with E-state index in [1.807, 2.05) is 26.8 Å². The SMILES string of the molecule is CC(C)(C)Nc1s[nH]c(=O)c1C#N. The Labute approximate surface area is 80.4 Å². The molecule has 0 atom stereocenters. The lowest BCUT2D eigenvalue weighted by Gasteiger charge is -2.20. The molecule has 0 aliphatic heterocycles. The lowest BCUT2D eigenvalue weighted by Crippen LogP contribution is -2.26. The Morgan fingerprint density at radius 1 is 1.54 bits per heavy atom. The second-order valence-corrected chi connectivity index (χ2v) is 4.54. The predicted octanol–water partition coefficient (Wildman–Crippen LogP) is 1.52. The highest BCUT2D eigenvalue weighted by molar-refractivity contribution is 7.10. The van der Waals surface area contributed by atoms with Crippen LogP contribution in [0.1, 0.15) is 26.3 Å². The zero-order valence-electron chi connectivity index (χ0n) is 7.76. The molecule has 1 aromatic heterocycles. The van der Waals surface area contributed by atoms with Gasteiger partial charge in [-0.25, -0.2) is 0 Å². The Balaban J connectivity index is 3.04. The van der Waals surface area contributed by atoms with Gasteiger partial charge in [-0.2, -0.15) is 5.26 Å². The topological polar surface area (TPSA) is 68.7 Å². The lowest BCUT2D eigenvalue weighted by atomic mass is 10.1. The first-order chi connectivity index (χ1) is 5.94. The number of anilines is 1. The molecule has 0 unspecified atom stereocenters. The van der Waals surface area contributed by atoms with Gasteiger partial charge in [-0.05, 0) is 32.3 Å². The van der Waals surface area contributed by atoms with Gasteiger partial charge in [-0.15, -0.1) is 0 Å². The highest BCUT2D eigenvalue weighted by atomic mass is 32.1. The maximum atomic E-state index is 11.0. The van der Waals surface area contributed by atoms with Gasteiger partial charge < -0.3 is 5.32 Å². The summed E-state index contributed by atoms with van der Waals surface area (Å²) in [6.45, 7) is 5.91. The van der Waals surface area contributed by atoms with Crippen molar-refractivity contribution in [3.63, 3.8) is 0 Å². The van der Waals surface area contributed by atoms with Gasteiger partial charge in [0.05, 0.1) is 0 Å². The van der Waals surface area contributed by atoms with Crippen LogP contribution in [0.5, 0.6) is 0 Å². The maximum absolute atomic E-state index is 11.0. The molecule has 0 spiro atoms. The summed E-state index contributed by atoms with van der Waals surface area (Å²) in [6.07, 6.45) is 0. The molecule has 0 aliphatic rings. The van der Waals surface area contributed by atoms with E-state index in [0.29, 0.717) is 5.00 Å². The quantitative estimate of drug-likeness (QED) is 0.717. The van der Waals surface area contributed by atoms with Gasteiger partial charge in [-0.1, -0.05) is 0 Å². The molecule has 1 rings (SSSR count). The molecule has 0 bridgehead atoms. The van der Waals surface area contributed by atoms with E-state index in [9.17, 15) is 4.79 Å². The van der Waals surface area contributed by atoms with E-state index in [1.54, 1.807) is 0 Å². The minimum Gasteiger partial charge on any atom is -0.370 e. The first kappa shape index (κ1) is 9.81. The fraction of sp³-hybridized carbons (Fsp3) is 0.500. The molecule has 0 aromatic carbocycles. The summed E-state index contributed by atoms with van der Waals surface area (Å²) in [7, 11) is 0. The van der Waals surface area contributed by atoms with Crippen molar-refractivity contribution < 1.29 is 0 Å². The van der Waals surface area contributed by atoms with E-state index in [1.165, 1.54) is 0 Å². The summed E-state index contributed by atoms with van der Waals surface area (Å²) < 4.78 is 2.51. The van der Waals surface area contributed by atoms with E-state index in [4.69, 9.17) is 5.26 Å². The Kier molecular flexibility index (Phi) is 2.43. The Bertz CT molecular complexity index is 391. The van der Waals surface area contributed by atoms with Gasteiger partial charge in [0.25, 0.3) is 5.56 Å². The number of nitrogens with zero attached hydrogens (tertiary/aromatic N) is 1. The number of aromatic nitrogens is 1. The summed E-state index contributed by atoms with van der Waals surface area (Å²) in [4.78, 5) is 11.0. The van der Waals surface area contributed by atoms with E-state index in [0.717, 1.165) is 11.5 Å². The van der Waals surface area contributed by atoms with Crippen molar-refractivity contribution >= 4 is 16.5 Å². The number of hydrogen-bond acceptors (Lipinski definition) is 4. The average Bonchev–Trinajstić information content (AvgIpc) is 2.28. The first-order valence-electron chi connectivity index (χ1n) is 3.84. The van der Waals surface area contributed by atoms with Crippen LogP contribution in [-0.4, -0.2) is 9.91 Å². The van der Waals surface area contributed by atoms with Crippen molar-refractivity contribution in [3.05, 3.63) is 15.9 Å². The fourth-order valence-electron chi connectivity index (χ4n) is 0.833. The zero-order chi connectivity index (χ0) is 10.1. The van der Waals surface area contributed by atoms with Crippen molar-refractivity contribution in [3.8, 4) is 6.07 Å². The number of H-pyrrole nitrogens is 1. The van der Waals surface area contributed by atoms with Crippen LogP contribution in [-0.2, 0) is 0 Å². The third-order valence-corrected chi connectivity index (χ3v) is 2.10. The summed E-state index contributed by atoms with van der Waals surface area (Å²) in [5, 5.41) is 12.4. The second-order valence-electron chi connectivity index (χ2n) is 3.72. The third kappa shape index (κ3) is 2.33. The van der Waals surface area contributed by atoms with Crippen LogP contribution in [0.25, 0.3) is 0 Å². The molecule has 1 aromatic rings. The molecule has 0 saturated carbocycles. The number of hydrogen-bond donors (Lipinski definition) is 2. The van der Waals surface area contributed by atoms with Crippen LogP contribution in [0.3, 0.4) is 0 Å². The maximum Gasteiger partial charge on any atom is 0.278 e. The molecular weight excluding hydrogens is 186 g/mol. The molecule has 0 saturated heterocycles. The molecule has 0 radical (unpaired) electrons. The van der Waals surface area contributed by atoms with Crippen LogP contribution in [0.15, 0.2) is 4.79 Å². The largest absolute Gasteiger partial charge is 0.370 e. The van der Waals surface area contributed by atoms with E-state index < -0.39 is 0 Å². The van der Waals surface area contributed by atoms with Gasteiger partial charge in [0.1, 0.15) is 11.1 Å². The molecule has 1 heterocycles. The van der Waals surface area contributed by atoms with Crippen LogP contribution < -0.4 is 10.9 Å². The Morgan fingerprint density at radius 3 is 2.62 bits per heavy atom. The van der Waals surface area contributed by atoms with E-state index in [-0.39, 0.29) is 16.7 Å². The van der Waals surface area contributed by atoms with Crippen LogP contribution in [0.4, 0.5) is 5.00 Å². The van der Waals surface area contributed by atoms with Crippen molar-refractivity contribution in [1.82, 2.24) is 4.37 Å². The van der Waals surface area contributed by atoms with Gasteiger partial charge >= 0.3 is 0 Å². The molecule has 4 nitrogen and oxygen atoms in total. The van der Waals surface area contributed by atoms with Crippen molar-refractivity contribution in [2.24, 2.45) is 0 Å². The number of aromatic amines is 1. The van der Waals surface area contributed by atoms with Crippen molar-refractivity contribution in [2.75, 3.05) is 5.32 Å². The van der Waals surface area contributed by atoms with Gasteiger partial charge in [-0.3, -0.25) is 9.17 Å². The van der Waals surface area contributed by atoms with E-state index >= 15 is 0 Å². The zero-order valence-corrected chi connectivity index (χ0v) is 8.58. The van der Waals surface area contributed by atoms with Crippen LogP contribution in [0, 0.1) is 11.3 Å². The minimum absolute atomic E-state index is 0.142. The normalized spacial score (nSPS) is 10.9. The monoisotopic (exact) mass is 197 g/mol. The number of rotatable bonds is 1. The summed E-state index contributed by atoms with van der Waals surface area (Å²) >= 11 is 1.16. The second kappa shape index (κ2) is 3.23. The predicted molar refractivity (Wildman–Crippen MR) is 53.0 cm³/mol. The summed E-state index contributed by atoms with van der Waals surface area (Å²) in [6, 6.07) is 1.87. The lowest BCUT2D eigenvalue weighted by molar-refractivity contribution is 0.636. The highest BCUT2D eigenvalue weighted by Crippen LogP contribution is 2.20. The number of nitriles is 1. The molecule has 13 heavy (non-hydrogen) atoms. The third-order valence-electron chi connectivity index (χ3n) is 1.30. The molecule has 70 valence electrons. The summed E-state index contributed by atoms with van der Waals surface area (Å²) in [5.41, 5.74) is -0.296. The van der Waals surface area contributed by atoms with Gasteiger partial charge in [0.2, 0.25) is 0 Å². The minimum atomic E-state index is -0.320. The standard InChI is InChI=1S/C8H11N3OS/c1-8(2,3)10-7-5(4-9)6(12)11-13-7/h10H,1-3H3,(H,11,12). The highest BCUT2D eigenvalue weighted by Gasteiger charge is 2.15. The molecular formula is C8H11N3OS. The molecule has 0 amide bonds. The van der Waals surface area contributed by atoms with Gasteiger partial charge in [0.15, 0.2) is 5.56 Å². The smallest absolute Gasteiger partial charge is 0.278 e. The molecule has 0 aliphatic carbocycles.